The first-order chi connectivity index (χ1) is 6.70. The van der Waals surface area contributed by atoms with Crippen LogP contribution < -0.4 is 5.73 Å². The van der Waals surface area contributed by atoms with Crippen LogP contribution in [0.4, 0.5) is 0 Å². The van der Waals surface area contributed by atoms with Gasteiger partial charge in [0.05, 0.1) is 0 Å². The molecule has 2 N–H and O–H groups in total. The summed E-state index contributed by atoms with van der Waals surface area (Å²) in [7, 11) is 0. The Hall–Kier alpha value is -0.380. The molecule has 72 valence electrons. The lowest BCUT2D eigenvalue weighted by atomic mass is 10.1. The van der Waals surface area contributed by atoms with Gasteiger partial charge in [0.1, 0.15) is 0 Å². The van der Waals surface area contributed by atoms with E-state index in [9.17, 15) is 0 Å². The van der Waals surface area contributed by atoms with E-state index in [1.165, 1.54) is 10.8 Å². The minimum Gasteiger partial charge on any atom is -0.326 e. The summed E-state index contributed by atoms with van der Waals surface area (Å²) in [6, 6.07) is 10.5. The number of nitrogens with two attached hydrogens (primary N) is 1. The molecule has 0 atom stereocenters. The van der Waals surface area contributed by atoms with Crippen LogP contribution in [0.2, 0.25) is 0 Å². The monoisotopic (exact) mass is 313 g/mol. The average molecular weight is 315 g/mol. The van der Waals surface area contributed by atoms with Crippen molar-refractivity contribution in [2.75, 3.05) is 0 Å². The van der Waals surface area contributed by atoms with Crippen LogP contribution in [0.25, 0.3) is 10.8 Å². The fraction of sp³-hybridized carbons (Fsp3) is 0.0909. The number of hydrogen-bond acceptors (Lipinski definition) is 1. The largest absolute Gasteiger partial charge is 0.326 e. The van der Waals surface area contributed by atoms with E-state index in [0.29, 0.717) is 6.54 Å². The molecule has 0 saturated heterocycles. The Balaban J connectivity index is 2.70. The third kappa shape index (κ3) is 1.85. The maximum atomic E-state index is 5.59. The molecule has 14 heavy (non-hydrogen) atoms. The number of halogens is 2. The zero-order valence-corrected chi connectivity index (χ0v) is 10.6. The third-order valence-electron chi connectivity index (χ3n) is 2.18. The molecule has 0 amide bonds. The highest BCUT2D eigenvalue weighted by atomic mass is 79.9. The van der Waals surface area contributed by atoms with E-state index in [-0.39, 0.29) is 0 Å². The van der Waals surface area contributed by atoms with Crippen molar-refractivity contribution in [3.63, 3.8) is 0 Å². The van der Waals surface area contributed by atoms with Crippen LogP contribution in [0.3, 0.4) is 0 Å². The molecular formula is C11H9Br2N. The third-order valence-corrected chi connectivity index (χ3v) is 4.02. The normalized spacial score (nSPS) is 10.8. The molecule has 0 aliphatic carbocycles. The van der Waals surface area contributed by atoms with Crippen LogP contribution in [-0.2, 0) is 6.54 Å². The Labute approximate surface area is 99.6 Å². The van der Waals surface area contributed by atoms with Gasteiger partial charge in [-0.05, 0) is 66.4 Å². The molecule has 0 unspecified atom stereocenters. The summed E-state index contributed by atoms with van der Waals surface area (Å²) >= 11 is 6.96. The van der Waals surface area contributed by atoms with Crippen molar-refractivity contribution < 1.29 is 0 Å². The van der Waals surface area contributed by atoms with Gasteiger partial charge in [-0.15, -0.1) is 0 Å². The summed E-state index contributed by atoms with van der Waals surface area (Å²) in [6.07, 6.45) is 0. The Morgan fingerprint density at radius 3 is 2.21 bits per heavy atom. The predicted molar refractivity (Wildman–Crippen MR) is 67.2 cm³/mol. The van der Waals surface area contributed by atoms with Gasteiger partial charge >= 0.3 is 0 Å². The summed E-state index contributed by atoms with van der Waals surface area (Å²) < 4.78 is 2.14. The lowest BCUT2D eigenvalue weighted by Crippen LogP contribution is -1.95. The number of benzene rings is 2. The molecule has 0 spiro atoms. The molecule has 0 fully saturated rings. The molecule has 2 aromatic rings. The first-order valence-electron chi connectivity index (χ1n) is 4.28. The lowest BCUT2D eigenvalue weighted by molar-refractivity contribution is 1.08. The van der Waals surface area contributed by atoms with Gasteiger partial charge < -0.3 is 5.73 Å². The second kappa shape index (κ2) is 4.01. The van der Waals surface area contributed by atoms with E-state index in [1.54, 1.807) is 0 Å². The summed E-state index contributed by atoms with van der Waals surface area (Å²) in [6.45, 7) is 0.587. The van der Waals surface area contributed by atoms with Crippen molar-refractivity contribution in [3.05, 3.63) is 44.8 Å². The SMILES string of the molecule is NCc1ccc2cc(Br)c(Br)cc2c1. The van der Waals surface area contributed by atoms with Crippen molar-refractivity contribution >= 4 is 42.6 Å². The highest BCUT2D eigenvalue weighted by Crippen LogP contribution is 2.28. The molecule has 0 aliphatic heterocycles. The number of fused-ring (bicyclic) bond motifs is 1. The van der Waals surface area contributed by atoms with Crippen molar-refractivity contribution in [1.82, 2.24) is 0 Å². The molecule has 2 rings (SSSR count). The maximum absolute atomic E-state index is 5.59. The standard InChI is InChI=1S/C11H9Br2N/c12-10-4-8-2-1-7(6-14)3-9(8)5-11(10)13/h1-5H,6,14H2. The van der Waals surface area contributed by atoms with E-state index in [4.69, 9.17) is 5.73 Å². The molecule has 1 nitrogen and oxygen atoms in total. The predicted octanol–water partition coefficient (Wildman–Crippen LogP) is 3.82. The Morgan fingerprint density at radius 1 is 0.929 bits per heavy atom. The quantitative estimate of drug-likeness (QED) is 0.850. The molecule has 0 aliphatic rings. The first-order valence-corrected chi connectivity index (χ1v) is 5.87. The fourth-order valence-corrected chi connectivity index (χ4v) is 2.14. The molecule has 0 bridgehead atoms. The van der Waals surface area contributed by atoms with E-state index in [0.717, 1.165) is 14.5 Å². The van der Waals surface area contributed by atoms with Crippen LogP contribution in [-0.4, -0.2) is 0 Å². The van der Waals surface area contributed by atoms with Crippen molar-refractivity contribution in [2.45, 2.75) is 6.54 Å². The zero-order chi connectivity index (χ0) is 10.1. The highest BCUT2D eigenvalue weighted by molar-refractivity contribution is 9.13. The van der Waals surface area contributed by atoms with E-state index >= 15 is 0 Å². The van der Waals surface area contributed by atoms with Gasteiger partial charge in [-0.25, -0.2) is 0 Å². The van der Waals surface area contributed by atoms with Gasteiger partial charge in [0.15, 0.2) is 0 Å². The molecular weight excluding hydrogens is 306 g/mol. The van der Waals surface area contributed by atoms with Crippen LogP contribution in [0, 0.1) is 0 Å². The van der Waals surface area contributed by atoms with E-state index in [2.05, 4.69) is 62.2 Å². The summed E-state index contributed by atoms with van der Waals surface area (Å²) in [5.41, 5.74) is 6.75. The van der Waals surface area contributed by atoms with E-state index < -0.39 is 0 Å². The maximum Gasteiger partial charge on any atom is 0.0323 e. The Morgan fingerprint density at radius 2 is 1.57 bits per heavy atom. The average Bonchev–Trinajstić information content (AvgIpc) is 2.19. The summed E-state index contributed by atoms with van der Waals surface area (Å²) in [5.74, 6) is 0. The van der Waals surface area contributed by atoms with Gasteiger partial charge in [0.2, 0.25) is 0 Å². The van der Waals surface area contributed by atoms with Crippen molar-refractivity contribution in [3.8, 4) is 0 Å². The van der Waals surface area contributed by atoms with Gasteiger partial charge in [-0.1, -0.05) is 12.1 Å². The minimum absolute atomic E-state index is 0.587. The Kier molecular flexibility index (Phi) is 2.91. The zero-order valence-electron chi connectivity index (χ0n) is 7.43. The summed E-state index contributed by atoms with van der Waals surface area (Å²) in [5, 5.41) is 2.43. The van der Waals surface area contributed by atoms with Crippen LogP contribution >= 0.6 is 31.9 Å². The van der Waals surface area contributed by atoms with Crippen LogP contribution in [0.1, 0.15) is 5.56 Å². The summed E-state index contributed by atoms with van der Waals surface area (Å²) in [4.78, 5) is 0. The van der Waals surface area contributed by atoms with Crippen molar-refractivity contribution in [1.29, 1.82) is 0 Å². The smallest absolute Gasteiger partial charge is 0.0323 e. The molecule has 0 heterocycles. The van der Waals surface area contributed by atoms with Crippen LogP contribution in [0.15, 0.2) is 39.3 Å². The van der Waals surface area contributed by atoms with Gasteiger partial charge in [-0.2, -0.15) is 0 Å². The molecule has 2 aromatic carbocycles. The van der Waals surface area contributed by atoms with Crippen LogP contribution in [0.5, 0.6) is 0 Å². The molecule has 0 aromatic heterocycles. The topological polar surface area (TPSA) is 26.0 Å². The van der Waals surface area contributed by atoms with Gasteiger partial charge in [-0.3, -0.25) is 0 Å². The molecule has 0 saturated carbocycles. The van der Waals surface area contributed by atoms with E-state index in [1.807, 2.05) is 0 Å². The lowest BCUT2D eigenvalue weighted by Gasteiger charge is -2.03. The fourth-order valence-electron chi connectivity index (χ4n) is 1.42. The van der Waals surface area contributed by atoms with Gasteiger partial charge in [0, 0.05) is 15.5 Å². The number of hydrogen-bond donors (Lipinski definition) is 1. The number of rotatable bonds is 1. The minimum atomic E-state index is 0.587. The second-order valence-electron chi connectivity index (χ2n) is 3.15. The van der Waals surface area contributed by atoms with Crippen molar-refractivity contribution in [2.24, 2.45) is 5.73 Å². The molecule has 3 heteroatoms. The Bertz CT molecular complexity index is 480. The second-order valence-corrected chi connectivity index (χ2v) is 4.86. The highest BCUT2D eigenvalue weighted by Gasteiger charge is 2.00. The molecule has 0 radical (unpaired) electrons. The van der Waals surface area contributed by atoms with Gasteiger partial charge in [0.25, 0.3) is 0 Å². The first kappa shape index (κ1) is 10.1.